The summed E-state index contributed by atoms with van der Waals surface area (Å²) >= 11 is 0. The lowest BCUT2D eigenvalue weighted by Gasteiger charge is -2.30. The number of aryl methyl sites for hydroxylation is 4. The summed E-state index contributed by atoms with van der Waals surface area (Å²) < 4.78 is 0. The molecule has 0 aliphatic heterocycles. The van der Waals surface area contributed by atoms with Gasteiger partial charge in [0.25, 0.3) is 0 Å². The van der Waals surface area contributed by atoms with E-state index < -0.39 is 0 Å². The van der Waals surface area contributed by atoms with Crippen molar-refractivity contribution in [3.8, 4) is 11.1 Å². The fourth-order valence-electron chi connectivity index (χ4n) is 7.87. The summed E-state index contributed by atoms with van der Waals surface area (Å²) in [4.78, 5) is 2.45. The predicted octanol–water partition coefficient (Wildman–Crippen LogP) is 13.3. The van der Waals surface area contributed by atoms with E-state index in [9.17, 15) is 0 Å². The van der Waals surface area contributed by atoms with Gasteiger partial charge in [-0.25, -0.2) is 0 Å². The third-order valence-electron chi connectivity index (χ3n) is 9.92. The SMILES string of the molecule is Cc1ccc(N(c2ccc(C)cc2)c2c3ccccc3c(-c3cc4cc(C)cc5ccc6cc(C)cc3c6c54)c3ccccc23)cc1. The molecule has 0 amide bonds. The highest BCUT2D eigenvalue weighted by Crippen LogP contribution is 2.50. The van der Waals surface area contributed by atoms with E-state index in [0.29, 0.717) is 0 Å². The first-order valence-electron chi connectivity index (χ1n) is 16.5. The second kappa shape index (κ2) is 10.4. The zero-order valence-corrected chi connectivity index (χ0v) is 27.2. The van der Waals surface area contributed by atoms with Crippen molar-refractivity contribution in [1.82, 2.24) is 0 Å². The summed E-state index contributed by atoms with van der Waals surface area (Å²) in [6, 6.07) is 52.4. The largest absolute Gasteiger partial charge is 0.309 e. The van der Waals surface area contributed by atoms with Gasteiger partial charge >= 0.3 is 0 Å². The molecule has 0 aliphatic rings. The second-order valence-electron chi connectivity index (χ2n) is 13.3. The normalized spacial score (nSPS) is 11.8. The Labute approximate surface area is 275 Å². The molecule has 1 nitrogen and oxygen atoms in total. The van der Waals surface area contributed by atoms with Crippen molar-refractivity contribution < 1.29 is 0 Å². The average Bonchev–Trinajstić information content (AvgIpc) is 3.08. The molecule has 0 N–H and O–H groups in total. The van der Waals surface area contributed by atoms with Crippen molar-refractivity contribution >= 4 is 70.9 Å². The Morgan fingerprint density at radius 3 is 1.38 bits per heavy atom. The van der Waals surface area contributed by atoms with E-state index in [1.54, 1.807) is 0 Å². The van der Waals surface area contributed by atoms with E-state index in [1.807, 2.05) is 0 Å². The Balaban J connectivity index is 1.46. The van der Waals surface area contributed by atoms with Gasteiger partial charge in [-0.1, -0.05) is 120 Å². The first kappa shape index (κ1) is 27.6. The molecule has 224 valence electrons. The first-order chi connectivity index (χ1) is 22.9. The highest BCUT2D eigenvalue weighted by atomic mass is 15.1. The molecule has 0 saturated heterocycles. The van der Waals surface area contributed by atoms with E-state index in [2.05, 4.69) is 172 Å². The Morgan fingerprint density at radius 1 is 0.362 bits per heavy atom. The average molecular weight is 602 g/mol. The lowest BCUT2D eigenvalue weighted by atomic mass is 9.83. The summed E-state index contributed by atoms with van der Waals surface area (Å²) in [7, 11) is 0. The first-order valence-corrected chi connectivity index (χ1v) is 16.5. The third kappa shape index (κ3) is 4.31. The number of rotatable bonds is 4. The number of anilines is 3. The molecule has 0 aliphatic carbocycles. The maximum absolute atomic E-state index is 2.46. The number of hydrogen-bond donors (Lipinski definition) is 0. The molecular formula is C46H35N. The standard InChI is InChI=1S/C46H35N/c1-28-13-19-35(20-14-28)47(36-21-15-29(2)16-22-36)46-39-11-7-5-9-37(39)45(38-10-6-8-12-40(38)46)42-27-34-25-30(3)23-32-17-18-33-24-31(4)26-41(42)44(33)43(32)34/h5-27H,1-4H3. The van der Waals surface area contributed by atoms with Crippen LogP contribution in [0.5, 0.6) is 0 Å². The Hall–Kier alpha value is -5.66. The molecule has 9 aromatic rings. The van der Waals surface area contributed by atoms with Crippen molar-refractivity contribution in [1.29, 1.82) is 0 Å². The quantitative estimate of drug-likeness (QED) is 0.143. The summed E-state index contributed by atoms with van der Waals surface area (Å²) in [6.07, 6.45) is 0. The van der Waals surface area contributed by atoms with Gasteiger partial charge in [-0.05, 0) is 123 Å². The number of benzene rings is 9. The maximum atomic E-state index is 2.46. The van der Waals surface area contributed by atoms with Crippen LogP contribution in [0.4, 0.5) is 17.1 Å². The molecule has 0 heterocycles. The van der Waals surface area contributed by atoms with Crippen molar-refractivity contribution in [3.05, 3.63) is 162 Å². The summed E-state index contributed by atoms with van der Waals surface area (Å²) in [5, 5.41) is 12.9. The van der Waals surface area contributed by atoms with Gasteiger partial charge in [0.2, 0.25) is 0 Å². The van der Waals surface area contributed by atoms with Gasteiger partial charge in [-0.2, -0.15) is 0 Å². The van der Waals surface area contributed by atoms with Crippen molar-refractivity contribution in [2.24, 2.45) is 0 Å². The predicted molar refractivity (Wildman–Crippen MR) is 204 cm³/mol. The van der Waals surface area contributed by atoms with E-state index in [-0.39, 0.29) is 0 Å². The molecule has 1 heteroatoms. The molecule has 0 saturated carbocycles. The zero-order chi connectivity index (χ0) is 31.8. The van der Waals surface area contributed by atoms with Crippen LogP contribution in [0.2, 0.25) is 0 Å². The Morgan fingerprint density at radius 2 is 0.830 bits per heavy atom. The van der Waals surface area contributed by atoms with Crippen LogP contribution in [0.1, 0.15) is 22.3 Å². The lowest BCUT2D eigenvalue weighted by Crippen LogP contribution is -2.11. The summed E-state index contributed by atoms with van der Waals surface area (Å²) in [5.74, 6) is 0. The molecule has 9 aromatic carbocycles. The molecule has 9 rings (SSSR count). The number of hydrogen-bond acceptors (Lipinski definition) is 1. The zero-order valence-electron chi connectivity index (χ0n) is 27.2. The third-order valence-corrected chi connectivity index (χ3v) is 9.92. The maximum Gasteiger partial charge on any atom is 0.0618 e. The molecular weight excluding hydrogens is 567 g/mol. The van der Waals surface area contributed by atoms with Crippen LogP contribution in [-0.4, -0.2) is 0 Å². The van der Waals surface area contributed by atoms with E-state index in [1.165, 1.54) is 92.9 Å². The van der Waals surface area contributed by atoms with Crippen LogP contribution in [0, 0.1) is 27.7 Å². The van der Waals surface area contributed by atoms with Crippen molar-refractivity contribution in [2.45, 2.75) is 27.7 Å². The topological polar surface area (TPSA) is 3.24 Å². The molecule has 0 fully saturated rings. The van der Waals surface area contributed by atoms with Gasteiger partial charge in [0, 0.05) is 22.1 Å². The highest BCUT2D eigenvalue weighted by molar-refractivity contribution is 6.30. The molecule has 0 bridgehead atoms. The molecule has 0 aromatic heterocycles. The smallest absolute Gasteiger partial charge is 0.0618 e. The minimum atomic E-state index is 1.15. The van der Waals surface area contributed by atoms with Crippen molar-refractivity contribution in [3.63, 3.8) is 0 Å². The van der Waals surface area contributed by atoms with Gasteiger partial charge in [0.1, 0.15) is 0 Å². The molecule has 0 spiro atoms. The minimum absolute atomic E-state index is 1.15. The highest BCUT2D eigenvalue weighted by Gasteiger charge is 2.24. The number of fused-ring (bicyclic) bond motifs is 2. The second-order valence-corrected chi connectivity index (χ2v) is 13.3. The monoisotopic (exact) mass is 601 g/mol. The fourth-order valence-corrected chi connectivity index (χ4v) is 7.87. The number of nitrogens with zero attached hydrogens (tertiary/aromatic N) is 1. The van der Waals surface area contributed by atoms with Crippen LogP contribution < -0.4 is 4.90 Å². The molecule has 0 radical (unpaired) electrons. The molecule has 0 unspecified atom stereocenters. The van der Waals surface area contributed by atoms with Crippen LogP contribution in [0.3, 0.4) is 0 Å². The van der Waals surface area contributed by atoms with E-state index in [0.717, 1.165) is 11.4 Å². The van der Waals surface area contributed by atoms with E-state index in [4.69, 9.17) is 0 Å². The van der Waals surface area contributed by atoms with Gasteiger partial charge in [-0.15, -0.1) is 0 Å². The van der Waals surface area contributed by atoms with Crippen LogP contribution in [0.25, 0.3) is 65.0 Å². The van der Waals surface area contributed by atoms with Crippen LogP contribution in [0.15, 0.2) is 140 Å². The van der Waals surface area contributed by atoms with E-state index >= 15 is 0 Å². The van der Waals surface area contributed by atoms with Gasteiger partial charge in [0.05, 0.1) is 5.69 Å². The lowest BCUT2D eigenvalue weighted by molar-refractivity contribution is 1.29. The van der Waals surface area contributed by atoms with Crippen LogP contribution in [-0.2, 0) is 0 Å². The Bertz CT molecular complexity index is 2540. The molecule has 0 atom stereocenters. The van der Waals surface area contributed by atoms with Crippen molar-refractivity contribution in [2.75, 3.05) is 4.90 Å². The summed E-state index contributed by atoms with van der Waals surface area (Å²) in [5.41, 5.74) is 11.2. The Kier molecular flexibility index (Phi) is 6.14. The van der Waals surface area contributed by atoms with Gasteiger partial charge in [-0.3, -0.25) is 0 Å². The fraction of sp³-hybridized carbons (Fsp3) is 0.0870. The van der Waals surface area contributed by atoms with Crippen LogP contribution >= 0.6 is 0 Å². The van der Waals surface area contributed by atoms with Gasteiger partial charge in [0.15, 0.2) is 0 Å². The molecule has 47 heavy (non-hydrogen) atoms. The minimum Gasteiger partial charge on any atom is -0.309 e. The summed E-state index contributed by atoms with van der Waals surface area (Å²) in [6.45, 7) is 8.74. The van der Waals surface area contributed by atoms with Gasteiger partial charge < -0.3 is 4.90 Å².